The molecular weight excluding hydrogens is 280 g/mol. The van der Waals surface area contributed by atoms with Crippen molar-refractivity contribution in [2.45, 2.75) is 38.6 Å². The van der Waals surface area contributed by atoms with Gasteiger partial charge in [0.05, 0.1) is 13.2 Å². The standard InChI is InChI=1S/C17H26N2O3/c1-2-21-15-5-7-16(8-6-15)22-13-3-4-17(20)19-11-9-14(18)10-12-19/h5-8,14H,2-4,9-13,18H2,1H3. The highest BCUT2D eigenvalue weighted by Crippen LogP contribution is 2.18. The number of carbonyl (C=O) groups excluding carboxylic acids is 1. The van der Waals surface area contributed by atoms with Gasteiger partial charge < -0.3 is 20.1 Å². The first-order chi connectivity index (χ1) is 10.7. The lowest BCUT2D eigenvalue weighted by Crippen LogP contribution is -2.42. The number of nitrogens with two attached hydrogens (primary N) is 1. The van der Waals surface area contributed by atoms with Crippen molar-refractivity contribution in [2.24, 2.45) is 5.73 Å². The van der Waals surface area contributed by atoms with Gasteiger partial charge in [0.1, 0.15) is 11.5 Å². The highest BCUT2D eigenvalue weighted by Gasteiger charge is 2.19. The number of nitrogens with zero attached hydrogens (tertiary/aromatic N) is 1. The number of amides is 1. The van der Waals surface area contributed by atoms with E-state index in [9.17, 15) is 4.79 Å². The summed E-state index contributed by atoms with van der Waals surface area (Å²) in [4.78, 5) is 14.0. The molecule has 5 heteroatoms. The summed E-state index contributed by atoms with van der Waals surface area (Å²) in [5.74, 6) is 1.86. The SMILES string of the molecule is CCOc1ccc(OCCCC(=O)N2CCC(N)CC2)cc1. The zero-order valence-corrected chi connectivity index (χ0v) is 13.3. The van der Waals surface area contributed by atoms with Crippen molar-refractivity contribution in [1.29, 1.82) is 0 Å². The zero-order chi connectivity index (χ0) is 15.8. The Morgan fingerprint density at radius 3 is 2.36 bits per heavy atom. The largest absolute Gasteiger partial charge is 0.494 e. The van der Waals surface area contributed by atoms with Gasteiger partial charge in [0.15, 0.2) is 0 Å². The van der Waals surface area contributed by atoms with Crippen molar-refractivity contribution < 1.29 is 14.3 Å². The average molecular weight is 306 g/mol. The summed E-state index contributed by atoms with van der Waals surface area (Å²) >= 11 is 0. The molecule has 1 amide bonds. The van der Waals surface area contributed by atoms with Gasteiger partial charge in [0.25, 0.3) is 0 Å². The van der Waals surface area contributed by atoms with Crippen molar-refractivity contribution in [3.8, 4) is 11.5 Å². The Kier molecular flexibility index (Phi) is 6.52. The van der Waals surface area contributed by atoms with Crippen molar-refractivity contribution >= 4 is 5.91 Å². The molecule has 0 atom stereocenters. The van der Waals surface area contributed by atoms with Gasteiger partial charge in [-0.1, -0.05) is 0 Å². The molecule has 1 aromatic carbocycles. The molecule has 0 spiro atoms. The molecule has 5 nitrogen and oxygen atoms in total. The van der Waals surface area contributed by atoms with E-state index < -0.39 is 0 Å². The van der Waals surface area contributed by atoms with Crippen molar-refractivity contribution in [3.63, 3.8) is 0 Å². The van der Waals surface area contributed by atoms with E-state index in [0.717, 1.165) is 43.9 Å². The van der Waals surface area contributed by atoms with E-state index in [-0.39, 0.29) is 11.9 Å². The third-order valence-corrected chi connectivity index (χ3v) is 3.83. The molecule has 122 valence electrons. The maximum atomic E-state index is 12.0. The fraction of sp³-hybridized carbons (Fsp3) is 0.588. The van der Waals surface area contributed by atoms with Crippen LogP contribution >= 0.6 is 0 Å². The lowest BCUT2D eigenvalue weighted by atomic mass is 10.1. The molecule has 0 unspecified atom stereocenters. The molecule has 0 aliphatic carbocycles. The Morgan fingerprint density at radius 2 is 1.77 bits per heavy atom. The summed E-state index contributed by atoms with van der Waals surface area (Å²) in [5.41, 5.74) is 5.85. The number of piperidine rings is 1. The molecular formula is C17H26N2O3. The van der Waals surface area contributed by atoms with Gasteiger partial charge >= 0.3 is 0 Å². The molecule has 1 aliphatic rings. The smallest absolute Gasteiger partial charge is 0.222 e. The van der Waals surface area contributed by atoms with Crippen LogP contribution in [0.15, 0.2) is 24.3 Å². The average Bonchev–Trinajstić information content (AvgIpc) is 2.54. The van der Waals surface area contributed by atoms with Gasteiger partial charge in [-0.15, -0.1) is 0 Å². The van der Waals surface area contributed by atoms with E-state index in [2.05, 4.69) is 0 Å². The van der Waals surface area contributed by atoms with Gasteiger partial charge in [0, 0.05) is 25.6 Å². The van der Waals surface area contributed by atoms with Crippen LogP contribution in [0.3, 0.4) is 0 Å². The van der Waals surface area contributed by atoms with Crippen molar-refractivity contribution in [3.05, 3.63) is 24.3 Å². The van der Waals surface area contributed by atoms with Gasteiger partial charge in [-0.05, 0) is 50.5 Å². The van der Waals surface area contributed by atoms with Gasteiger partial charge in [-0.2, -0.15) is 0 Å². The van der Waals surface area contributed by atoms with E-state index >= 15 is 0 Å². The van der Waals surface area contributed by atoms with Gasteiger partial charge in [0.2, 0.25) is 5.91 Å². The maximum Gasteiger partial charge on any atom is 0.222 e. The van der Waals surface area contributed by atoms with E-state index in [0.29, 0.717) is 19.6 Å². The number of carbonyl (C=O) groups is 1. The van der Waals surface area contributed by atoms with Crippen LogP contribution in [-0.2, 0) is 4.79 Å². The monoisotopic (exact) mass is 306 g/mol. The maximum absolute atomic E-state index is 12.0. The number of hydrogen-bond donors (Lipinski definition) is 1. The highest BCUT2D eigenvalue weighted by molar-refractivity contribution is 5.76. The van der Waals surface area contributed by atoms with Crippen LogP contribution in [0.1, 0.15) is 32.6 Å². The Balaban J connectivity index is 1.63. The number of ether oxygens (including phenoxy) is 2. The molecule has 0 radical (unpaired) electrons. The highest BCUT2D eigenvalue weighted by atomic mass is 16.5. The van der Waals surface area contributed by atoms with E-state index in [1.54, 1.807) is 0 Å². The number of rotatable bonds is 7. The molecule has 0 aromatic heterocycles. The molecule has 1 fully saturated rings. The summed E-state index contributed by atoms with van der Waals surface area (Å²) in [6.45, 7) is 4.74. The van der Waals surface area contributed by atoms with E-state index in [1.807, 2.05) is 36.1 Å². The Morgan fingerprint density at radius 1 is 1.18 bits per heavy atom. The molecule has 1 aromatic rings. The normalized spacial score (nSPS) is 15.6. The summed E-state index contributed by atoms with van der Waals surface area (Å²) in [7, 11) is 0. The Bertz CT molecular complexity index is 453. The van der Waals surface area contributed by atoms with Crippen LogP contribution in [0.25, 0.3) is 0 Å². The third-order valence-electron chi connectivity index (χ3n) is 3.83. The quantitative estimate of drug-likeness (QED) is 0.784. The topological polar surface area (TPSA) is 64.8 Å². The summed E-state index contributed by atoms with van der Waals surface area (Å²) < 4.78 is 11.0. The Hall–Kier alpha value is -1.75. The summed E-state index contributed by atoms with van der Waals surface area (Å²) in [6.07, 6.45) is 3.09. The second-order valence-electron chi connectivity index (χ2n) is 5.57. The van der Waals surface area contributed by atoms with Crippen LogP contribution in [-0.4, -0.2) is 43.2 Å². The van der Waals surface area contributed by atoms with Crippen molar-refractivity contribution in [1.82, 2.24) is 4.90 Å². The van der Waals surface area contributed by atoms with E-state index in [4.69, 9.17) is 15.2 Å². The fourth-order valence-electron chi connectivity index (χ4n) is 2.52. The van der Waals surface area contributed by atoms with E-state index in [1.165, 1.54) is 0 Å². The van der Waals surface area contributed by atoms with Gasteiger partial charge in [-0.25, -0.2) is 0 Å². The van der Waals surface area contributed by atoms with Crippen LogP contribution in [0, 0.1) is 0 Å². The first-order valence-corrected chi connectivity index (χ1v) is 8.08. The molecule has 2 N–H and O–H groups in total. The Labute approximate surface area is 132 Å². The van der Waals surface area contributed by atoms with Crippen molar-refractivity contribution in [2.75, 3.05) is 26.3 Å². The van der Waals surface area contributed by atoms with Crippen LogP contribution < -0.4 is 15.2 Å². The predicted molar refractivity (Wildman–Crippen MR) is 86.1 cm³/mol. The number of benzene rings is 1. The van der Waals surface area contributed by atoms with Crippen LogP contribution in [0.5, 0.6) is 11.5 Å². The molecule has 2 rings (SSSR count). The third kappa shape index (κ3) is 5.22. The zero-order valence-electron chi connectivity index (χ0n) is 13.3. The minimum absolute atomic E-state index is 0.210. The lowest BCUT2D eigenvalue weighted by molar-refractivity contribution is -0.132. The minimum Gasteiger partial charge on any atom is -0.494 e. The number of hydrogen-bond acceptors (Lipinski definition) is 4. The van der Waals surface area contributed by atoms with Gasteiger partial charge in [-0.3, -0.25) is 4.79 Å². The predicted octanol–water partition coefficient (Wildman–Crippen LogP) is 2.19. The lowest BCUT2D eigenvalue weighted by Gasteiger charge is -2.30. The molecule has 0 bridgehead atoms. The number of likely N-dealkylation sites (tertiary alicyclic amines) is 1. The molecule has 1 saturated heterocycles. The molecule has 0 saturated carbocycles. The second kappa shape index (κ2) is 8.63. The van der Waals surface area contributed by atoms with Crippen LogP contribution in [0.4, 0.5) is 0 Å². The summed E-state index contributed by atoms with van der Waals surface area (Å²) in [6, 6.07) is 7.81. The first kappa shape index (κ1) is 16.6. The first-order valence-electron chi connectivity index (χ1n) is 8.08. The van der Waals surface area contributed by atoms with Crippen LogP contribution in [0.2, 0.25) is 0 Å². The molecule has 1 heterocycles. The minimum atomic E-state index is 0.210. The summed E-state index contributed by atoms with van der Waals surface area (Å²) in [5, 5.41) is 0. The molecule has 22 heavy (non-hydrogen) atoms. The second-order valence-corrected chi connectivity index (χ2v) is 5.57. The molecule has 1 aliphatic heterocycles. The fourth-order valence-corrected chi connectivity index (χ4v) is 2.52.